The minimum absolute atomic E-state index is 0.347. The molecule has 0 aromatic heterocycles. The number of hydrogen-bond acceptors (Lipinski definition) is 6. The number of methoxy groups -OCH3 is 1. The van der Waals surface area contributed by atoms with Crippen molar-refractivity contribution in [2.45, 2.75) is 25.9 Å². The average molecular weight is 293 g/mol. The van der Waals surface area contributed by atoms with Gasteiger partial charge in [0.2, 0.25) is 0 Å². The standard InChI is InChI=1S/C14H31NO5/c1-3-18-10-11-20-13-14(16)12-15-6-4-5-7-19-9-8-17-2/h14-16H,3-13H2,1-2H3. The molecule has 0 radical (unpaired) electrons. The maximum Gasteiger partial charge on any atom is 0.0897 e. The van der Waals surface area contributed by atoms with Crippen LogP contribution in [0.1, 0.15) is 19.8 Å². The molecule has 0 aliphatic rings. The molecule has 0 amide bonds. The summed E-state index contributed by atoms with van der Waals surface area (Å²) in [6.45, 7) is 7.60. The van der Waals surface area contributed by atoms with Gasteiger partial charge in [0.15, 0.2) is 0 Å². The molecule has 0 aromatic rings. The second kappa shape index (κ2) is 16.8. The molecule has 20 heavy (non-hydrogen) atoms. The van der Waals surface area contributed by atoms with Gasteiger partial charge in [0.05, 0.1) is 39.1 Å². The summed E-state index contributed by atoms with van der Waals surface area (Å²) < 4.78 is 20.7. The first-order chi connectivity index (χ1) is 9.81. The van der Waals surface area contributed by atoms with Crippen LogP contribution >= 0.6 is 0 Å². The van der Waals surface area contributed by atoms with Crippen LogP contribution in [0, 0.1) is 0 Å². The van der Waals surface area contributed by atoms with E-state index >= 15 is 0 Å². The lowest BCUT2D eigenvalue weighted by Crippen LogP contribution is -2.31. The minimum atomic E-state index is -0.463. The van der Waals surface area contributed by atoms with Crippen molar-refractivity contribution in [1.29, 1.82) is 0 Å². The van der Waals surface area contributed by atoms with E-state index < -0.39 is 6.10 Å². The number of nitrogens with one attached hydrogen (secondary N) is 1. The number of aliphatic hydroxyl groups excluding tert-OH is 1. The predicted octanol–water partition coefficient (Wildman–Crippen LogP) is 0.433. The Morgan fingerprint density at radius 1 is 0.950 bits per heavy atom. The summed E-state index contributed by atoms with van der Waals surface area (Å²) in [7, 11) is 1.67. The lowest BCUT2D eigenvalue weighted by atomic mass is 10.3. The van der Waals surface area contributed by atoms with Crippen LogP contribution in [0.2, 0.25) is 0 Å². The second-order valence-electron chi connectivity index (χ2n) is 4.44. The Bertz CT molecular complexity index is 183. The van der Waals surface area contributed by atoms with Crippen molar-refractivity contribution in [3.8, 4) is 0 Å². The van der Waals surface area contributed by atoms with Gasteiger partial charge in [0.1, 0.15) is 0 Å². The van der Waals surface area contributed by atoms with Crippen molar-refractivity contribution in [2.75, 3.05) is 66.4 Å². The average Bonchev–Trinajstić information content (AvgIpc) is 2.45. The highest BCUT2D eigenvalue weighted by Gasteiger charge is 2.03. The van der Waals surface area contributed by atoms with E-state index in [4.69, 9.17) is 18.9 Å². The molecule has 0 rings (SSSR count). The zero-order valence-corrected chi connectivity index (χ0v) is 12.9. The molecule has 2 N–H and O–H groups in total. The van der Waals surface area contributed by atoms with Gasteiger partial charge in [0, 0.05) is 26.9 Å². The van der Waals surface area contributed by atoms with Crippen LogP contribution in [0.25, 0.3) is 0 Å². The number of unbranched alkanes of at least 4 members (excludes halogenated alkanes) is 1. The van der Waals surface area contributed by atoms with Crippen LogP contribution < -0.4 is 5.32 Å². The van der Waals surface area contributed by atoms with Crippen LogP contribution in [-0.2, 0) is 18.9 Å². The molecule has 0 heterocycles. The van der Waals surface area contributed by atoms with Gasteiger partial charge < -0.3 is 29.4 Å². The van der Waals surface area contributed by atoms with E-state index in [0.717, 1.165) is 26.0 Å². The van der Waals surface area contributed by atoms with Crippen LogP contribution in [0.5, 0.6) is 0 Å². The SMILES string of the molecule is CCOCCOCC(O)CNCCCCOCCOC. The molecular weight excluding hydrogens is 262 g/mol. The molecule has 0 aliphatic heterocycles. The fourth-order valence-corrected chi connectivity index (χ4v) is 1.51. The van der Waals surface area contributed by atoms with Gasteiger partial charge in [-0.05, 0) is 26.3 Å². The summed E-state index contributed by atoms with van der Waals surface area (Å²) in [4.78, 5) is 0. The molecule has 6 nitrogen and oxygen atoms in total. The Labute approximate surface area is 122 Å². The van der Waals surface area contributed by atoms with Crippen molar-refractivity contribution in [2.24, 2.45) is 0 Å². The summed E-state index contributed by atoms with van der Waals surface area (Å²) in [6.07, 6.45) is 1.58. The van der Waals surface area contributed by atoms with Crippen molar-refractivity contribution in [3.05, 3.63) is 0 Å². The van der Waals surface area contributed by atoms with E-state index in [0.29, 0.717) is 46.2 Å². The summed E-state index contributed by atoms with van der Waals surface area (Å²) in [5.74, 6) is 0. The zero-order valence-electron chi connectivity index (χ0n) is 12.9. The van der Waals surface area contributed by atoms with Crippen molar-refractivity contribution < 1.29 is 24.1 Å². The maximum atomic E-state index is 9.64. The normalized spacial score (nSPS) is 12.8. The maximum absolute atomic E-state index is 9.64. The smallest absolute Gasteiger partial charge is 0.0897 e. The molecule has 0 saturated carbocycles. The van der Waals surface area contributed by atoms with Gasteiger partial charge in [-0.25, -0.2) is 0 Å². The molecule has 0 fully saturated rings. The number of hydrogen-bond donors (Lipinski definition) is 2. The quantitative estimate of drug-likeness (QED) is 0.402. The van der Waals surface area contributed by atoms with E-state index in [2.05, 4.69) is 5.32 Å². The Kier molecular flexibility index (Phi) is 16.6. The van der Waals surface area contributed by atoms with Gasteiger partial charge >= 0.3 is 0 Å². The van der Waals surface area contributed by atoms with Crippen LogP contribution in [0.4, 0.5) is 0 Å². The number of ether oxygens (including phenoxy) is 4. The van der Waals surface area contributed by atoms with Crippen LogP contribution in [-0.4, -0.2) is 77.7 Å². The summed E-state index contributed by atoms with van der Waals surface area (Å²) >= 11 is 0. The third-order valence-electron chi connectivity index (χ3n) is 2.59. The van der Waals surface area contributed by atoms with Gasteiger partial charge in [-0.3, -0.25) is 0 Å². The first-order valence-electron chi connectivity index (χ1n) is 7.42. The molecular formula is C14H31NO5. The Hall–Kier alpha value is -0.240. The summed E-state index contributed by atoms with van der Waals surface area (Å²) in [5.41, 5.74) is 0. The largest absolute Gasteiger partial charge is 0.389 e. The highest BCUT2D eigenvalue weighted by molar-refractivity contribution is 4.58. The molecule has 0 aliphatic carbocycles. The van der Waals surface area contributed by atoms with E-state index in [9.17, 15) is 5.11 Å². The first kappa shape index (κ1) is 19.8. The topological polar surface area (TPSA) is 69.2 Å². The molecule has 122 valence electrons. The molecule has 0 saturated heterocycles. The van der Waals surface area contributed by atoms with E-state index in [1.54, 1.807) is 7.11 Å². The number of aliphatic hydroxyl groups is 1. The van der Waals surface area contributed by atoms with E-state index in [-0.39, 0.29) is 0 Å². The Morgan fingerprint density at radius 3 is 2.45 bits per heavy atom. The lowest BCUT2D eigenvalue weighted by Gasteiger charge is -2.12. The molecule has 6 heteroatoms. The third-order valence-corrected chi connectivity index (χ3v) is 2.59. The fourth-order valence-electron chi connectivity index (χ4n) is 1.51. The van der Waals surface area contributed by atoms with Gasteiger partial charge in [-0.15, -0.1) is 0 Å². The van der Waals surface area contributed by atoms with Crippen molar-refractivity contribution in [1.82, 2.24) is 5.32 Å². The van der Waals surface area contributed by atoms with Gasteiger partial charge in [-0.1, -0.05) is 0 Å². The highest BCUT2D eigenvalue weighted by Crippen LogP contribution is 1.90. The van der Waals surface area contributed by atoms with Crippen LogP contribution in [0.15, 0.2) is 0 Å². The molecule has 0 spiro atoms. The minimum Gasteiger partial charge on any atom is -0.389 e. The van der Waals surface area contributed by atoms with E-state index in [1.165, 1.54) is 0 Å². The predicted molar refractivity (Wildman–Crippen MR) is 78.1 cm³/mol. The molecule has 0 bridgehead atoms. The number of rotatable bonds is 16. The molecule has 1 unspecified atom stereocenters. The Balaban J connectivity index is 3.09. The van der Waals surface area contributed by atoms with Crippen molar-refractivity contribution >= 4 is 0 Å². The monoisotopic (exact) mass is 293 g/mol. The van der Waals surface area contributed by atoms with Gasteiger partial charge in [-0.2, -0.15) is 0 Å². The van der Waals surface area contributed by atoms with Crippen molar-refractivity contribution in [3.63, 3.8) is 0 Å². The fraction of sp³-hybridized carbons (Fsp3) is 1.00. The van der Waals surface area contributed by atoms with E-state index in [1.807, 2.05) is 6.92 Å². The summed E-state index contributed by atoms with van der Waals surface area (Å²) in [6, 6.07) is 0. The molecule has 0 aromatic carbocycles. The highest BCUT2D eigenvalue weighted by atomic mass is 16.5. The Morgan fingerprint density at radius 2 is 1.70 bits per heavy atom. The zero-order chi connectivity index (χ0) is 14.9. The van der Waals surface area contributed by atoms with Crippen LogP contribution in [0.3, 0.4) is 0 Å². The summed E-state index contributed by atoms with van der Waals surface area (Å²) in [5, 5.41) is 12.8. The first-order valence-corrected chi connectivity index (χ1v) is 7.42. The van der Waals surface area contributed by atoms with Gasteiger partial charge in [0.25, 0.3) is 0 Å². The molecule has 1 atom stereocenters. The second-order valence-corrected chi connectivity index (χ2v) is 4.44. The lowest BCUT2D eigenvalue weighted by molar-refractivity contribution is 0.00649. The third kappa shape index (κ3) is 15.8.